The van der Waals surface area contributed by atoms with Crippen molar-refractivity contribution in [2.75, 3.05) is 43.7 Å². The summed E-state index contributed by atoms with van der Waals surface area (Å²) in [7, 11) is 3.16. The molecule has 5 rings (SSSR count). The molecule has 0 aromatic heterocycles. The number of para-hydroxylation sites is 1. The van der Waals surface area contributed by atoms with Gasteiger partial charge in [0, 0.05) is 37.1 Å². The van der Waals surface area contributed by atoms with Gasteiger partial charge < -0.3 is 24.1 Å². The zero-order valence-electron chi connectivity index (χ0n) is 20.0. The Kier molecular flexibility index (Phi) is 6.48. The smallest absolute Gasteiger partial charge is 0.240 e. The maximum absolute atomic E-state index is 13.7. The lowest BCUT2D eigenvalue weighted by Gasteiger charge is -2.33. The number of anilines is 2. The molecule has 9 nitrogen and oxygen atoms in total. The van der Waals surface area contributed by atoms with Crippen LogP contribution in [0.4, 0.5) is 11.4 Å². The second-order valence-corrected chi connectivity index (χ2v) is 8.98. The van der Waals surface area contributed by atoms with Crippen LogP contribution in [0, 0.1) is 11.8 Å². The highest BCUT2D eigenvalue weighted by Gasteiger charge is 2.53. The predicted octanol–water partition coefficient (Wildman–Crippen LogP) is 3.10. The number of piperidine rings is 1. The normalized spacial score (nSPS) is 24.0. The molecule has 0 spiro atoms. The lowest BCUT2D eigenvalue weighted by molar-refractivity contribution is -0.143. The van der Waals surface area contributed by atoms with Crippen molar-refractivity contribution in [2.24, 2.45) is 17.0 Å². The molecular formula is C26H30N4O5. The van der Waals surface area contributed by atoms with E-state index in [1.54, 1.807) is 25.5 Å². The molecule has 0 aliphatic carbocycles. The SMILES string of the molecule is COc1ccc(N2C=NOC2C2CN(c3ccccc3)C(=O)C2C(=O)N2CCCCC2)cc1OC. The van der Waals surface area contributed by atoms with Gasteiger partial charge in [-0.05, 0) is 43.5 Å². The largest absolute Gasteiger partial charge is 0.493 e. The fourth-order valence-corrected chi connectivity index (χ4v) is 5.19. The van der Waals surface area contributed by atoms with Crippen LogP contribution in [0.3, 0.4) is 0 Å². The van der Waals surface area contributed by atoms with E-state index in [1.165, 1.54) is 0 Å². The van der Waals surface area contributed by atoms with Crippen LogP contribution in [0.25, 0.3) is 0 Å². The van der Waals surface area contributed by atoms with E-state index >= 15 is 0 Å². The second kappa shape index (κ2) is 9.85. The van der Waals surface area contributed by atoms with Crippen molar-refractivity contribution in [3.63, 3.8) is 0 Å². The number of rotatable bonds is 6. The van der Waals surface area contributed by atoms with E-state index < -0.39 is 18.1 Å². The fourth-order valence-electron chi connectivity index (χ4n) is 5.19. The summed E-state index contributed by atoms with van der Waals surface area (Å²) in [5.41, 5.74) is 1.54. The number of hydrogen-bond donors (Lipinski definition) is 0. The van der Waals surface area contributed by atoms with Gasteiger partial charge in [0.05, 0.1) is 20.1 Å². The van der Waals surface area contributed by atoms with E-state index in [-0.39, 0.29) is 11.8 Å². The molecule has 3 aliphatic rings. The monoisotopic (exact) mass is 478 g/mol. The molecule has 3 unspecified atom stereocenters. The molecule has 9 heteroatoms. The predicted molar refractivity (Wildman–Crippen MR) is 132 cm³/mol. The molecule has 3 atom stereocenters. The number of amides is 2. The number of nitrogens with zero attached hydrogens (tertiary/aromatic N) is 4. The van der Waals surface area contributed by atoms with Gasteiger partial charge in [0.1, 0.15) is 12.3 Å². The van der Waals surface area contributed by atoms with E-state index in [1.807, 2.05) is 58.3 Å². The Morgan fingerprint density at radius 1 is 0.971 bits per heavy atom. The van der Waals surface area contributed by atoms with E-state index in [2.05, 4.69) is 5.16 Å². The minimum absolute atomic E-state index is 0.124. The number of benzene rings is 2. The average Bonchev–Trinajstić information content (AvgIpc) is 3.53. The maximum atomic E-state index is 13.7. The minimum Gasteiger partial charge on any atom is -0.493 e. The summed E-state index contributed by atoms with van der Waals surface area (Å²) in [6.07, 6.45) is 3.99. The Hall–Kier alpha value is -3.75. The summed E-state index contributed by atoms with van der Waals surface area (Å²) < 4.78 is 10.8. The highest BCUT2D eigenvalue weighted by Crippen LogP contribution is 2.39. The van der Waals surface area contributed by atoms with Crippen LogP contribution in [0.15, 0.2) is 53.7 Å². The lowest BCUT2D eigenvalue weighted by Crippen LogP contribution is -2.48. The molecule has 2 aromatic rings. The summed E-state index contributed by atoms with van der Waals surface area (Å²) in [5, 5.41) is 4.07. The molecule has 0 N–H and O–H groups in total. The van der Waals surface area contributed by atoms with Gasteiger partial charge in [-0.15, -0.1) is 0 Å². The van der Waals surface area contributed by atoms with E-state index in [9.17, 15) is 9.59 Å². The van der Waals surface area contributed by atoms with Crippen LogP contribution >= 0.6 is 0 Å². The van der Waals surface area contributed by atoms with Gasteiger partial charge in [0.2, 0.25) is 18.0 Å². The molecule has 0 saturated carbocycles. The lowest BCUT2D eigenvalue weighted by atomic mass is 9.91. The van der Waals surface area contributed by atoms with Crippen LogP contribution in [0.5, 0.6) is 11.5 Å². The van der Waals surface area contributed by atoms with E-state index in [0.717, 1.165) is 30.6 Å². The molecule has 3 aliphatic heterocycles. The Balaban J connectivity index is 1.48. The highest BCUT2D eigenvalue weighted by molar-refractivity contribution is 6.10. The summed E-state index contributed by atoms with van der Waals surface area (Å²) in [5.74, 6) is -0.413. The molecule has 2 aromatic carbocycles. The van der Waals surface area contributed by atoms with E-state index in [4.69, 9.17) is 14.3 Å². The molecule has 184 valence electrons. The first-order valence-electron chi connectivity index (χ1n) is 12.0. The van der Waals surface area contributed by atoms with Crippen molar-refractivity contribution in [3.05, 3.63) is 48.5 Å². The molecule has 35 heavy (non-hydrogen) atoms. The molecule has 0 bridgehead atoms. The first-order chi connectivity index (χ1) is 17.1. The number of likely N-dealkylation sites (tertiary alicyclic amines) is 1. The van der Waals surface area contributed by atoms with Gasteiger partial charge in [0.15, 0.2) is 11.5 Å². The molecule has 3 heterocycles. The van der Waals surface area contributed by atoms with Gasteiger partial charge in [-0.25, -0.2) is 0 Å². The number of methoxy groups -OCH3 is 2. The molecule has 0 radical (unpaired) electrons. The van der Waals surface area contributed by atoms with Crippen LogP contribution in [0.1, 0.15) is 19.3 Å². The Morgan fingerprint density at radius 2 is 1.71 bits per heavy atom. The summed E-state index contributed by atoms with van der Waals surface area (Å²) >= 11 is 0. The van der Waals surface area contributed by atoms with Crippen molar-refractivity contribution in [1.82, 2.24) is 4.90 Å². The zero-order valence-corrected chi connectivity index (χ0v) is 20.0. The third-order valence-electron chi connectivity index (χ3n) is 7.00. The number of hydrogen-bond acceptors (Lipinski definition) is 7. The number of carbonyl (C=O) groups is 2. The number of carbonyl (C=O) groups excluding carboxylic acids is 2. The molecule has 2 saturated heterocycles. The van der Waals surface area contributed by atoms with Crippen molar-refractivity contribution in [2.45, 2.75) is 25.5 Å². The summed E-state index contributed by atoms with van der Waals surface area (Å²) in [4.78, 5) is 38.6. The second-order valence-electron chi connectivity index (χ2n) is 8.98. The van der Waals surface area contributed by atoms with Gasteiger partial charge in [-0.3, -0.25) is 14.5 Å². The van der Waals surface area contributed by atoms with Crippen molar-refractivity contribution >= 4 is 29.5 Å². The Labute approximate surface area is 204 Å². The summed E-state index contributed by atoms with van der Waals surface area (Å²) in [6.45, 7) is 1.72. The van der Waals surface area contributed by atoms with Gasteiger partial charge in [-0.1, -0.05) is 23.4 Å². The first-order valence-corrected chi connectivity index (χ1v) is 12.0. The topological polar surface area (TPSA) is 83.9 Å². The minimum atomic E-state index is -0.845. The molecule has 2 amide bonds. The quantitative estimate of drug-likeness (QED) is 0.594. The van der Waals surface area contributed by atoms with Crippen molar-refractivity contribution in [3.8, 4) is 11.5 Å². The molecule has 2 fully saturated rings. The van der Waals surface area contributed by atoms with Crippen LogP contribution in [-0.4, -0.2) is 63.1 Å². The van der Waals surface area contributed by atoms with Crippen molar-refractivity contribution in [1.29, 1.82) is 0 Å². The third-order valence-corrected chi connectivity index (χ3v) is 7.00. The Bertz CT molecular complexity index is 1100. The number of oxime groups is 1. The highest BCUT2D eigenvalue weighted by atomic mass is 16.7. The zero-order chi connectivity index (χ0) is 24.4. The van der Waals surface area contributed by atoms with Gasteiger partial charge >= 0.3 is 0 Å². The molecular weight excluding hydrogens is 448 g/mol. The maximum Gasteiger partial charge on any atom is 0.240 e. The van der Waals surface area contributed by atoms with Gasteiger partial charge in [-0.2, -0.15) is 0 Å². The van der Waals surface area contributed by atoms with E-state index in [0.29, 0.717) is 31.1 Å². The fraction of sp³-hybridized carbons (Fsp3) is 0.423. The van der Waals surface area contributed by atoms with Crippen LogP contribution in [0.2, 0.25) is 0 Å². The first kappa shape index (κ1) is 23.0. The van der Waals surface area contributed by atoms with Crippen LogP contribution < -0.4 is 19.3 Å². The number of ether oxygens (including phenoxy) is 2. The third kappa shape index (κ3) is 4.26. The van der Waals surface area contributed by atoms with Crippen molar-refractivity contribution < 1.29 is 23.9 Å². The summed E-state index contributed by atoms with van der Waals surface area (Å²) in [6, 6.07) is 15.0. The average molecular weight is 479 g/mol. The van der Waals surface area contributed by atoms with Crippen LogP contribution in [-0.2, 0) is 14.4 Å². The van der Waals surface area contributed by atoms with Gasteiger partial charge in [0.25, 0.3) is 0 Å². The standard InChI is InChI=1S/C26H30N4O5/c1-33-21-12-11-19(15-22(21)34-2)30-17-27-35-26(30)20-16-29(18-9-5-3-6-10-18)25(32)23(20)24(31)28-13-7-4-8-14-28/h3,5-6,9-12,15,17,20,23,26H,4,7-8,13-14,16H2,1-2H3. The Morgan fingerprint density at radius 3 is 2.43 bits per heavy atom.